The summed E-state index contributed by atoms with van der Waals surface area (Å²) in [5, 5.41) is 10.1. The molecule has 0 spiro atoms. The SMILES string of the molecule is CCc1ccc(-c2csc(NC(=O)C[C@@H](NC(C)=O)c3cccs3)n2)cc1. The molecule has 2 aromatic heterocycles. The van der Waals surface area contributed by atoms with Crippen LogP contribution in [0.2, 0.25) is 0 Å². The molecule has 2 N–H and O–H groups in total. The van der Waals surface area contributed by atoms with Crippen LogP contribution in [0.1, 0.15) is 36.8 Å². The highest BCUT2D eigenvalue weighted by molar-refractivity contribution is 7.14. The Labute approximate surface area is 166 Å². The zero-order valence-electron chi connectivity index (χ0n) is 15.2. The molecular formula is C20H21N3O2S2. The number of carbonyl (C=O) groups is 2. The first-order chi connectivity index (χ1) is 13.0. The fourth-order valence-electron chi connectivity index (χ4n) is 2.69. The van der Waals surface area contributed by atoms with E-state index >= 15 is 0 Å². The number of amides is 2. The van der Waals surface area contributed by atoms with Crippen molar-refractivity contribution >= 4 is 39.6 Å². The van der Waals surface area contributed by atoms with Gasteiger partial charge in [-0.1, -0.05) is 37.3 Å². The Kier molecular flexibility index (Phi) is 6.36. The fourth-order valence-corrected chi connectivity index (χ4v) is 4.20. The van der Waals surface area contributed by atoms with Crippen LogP contribution in [0.25, 0.3) is 11.3 Å². The summed E-state index contributed by atoms with van der Waals surface area (Å²) in [7, 11) is 0. The van der Waals surface area contributed by atoms with Gasteiger partial charge in [-0.3, -0.25) is 9.59 Å². The van der Waals surface area contributed by atoms with Crippen molar-refractivity contribution in [3.8, 4) is 11.3 Å². The molecule has 0 fully saturated rings. The third kappa shape index (κ3) is 5.24. The van der Waals surface area contributed by atoms with Gasteiger partial charge < -0.3 is 10.6 Å². The second-order valence-electron chi connectivity index (χ2n) is 6.11. The lowest BCUT2D eigenvalue weighted by Crippen LogP contribution is -2.29. The van der Waals surface area contributed by atoms with Crippen molar-refractivity contribution in [3.63, 3.8) is 0 Å². The Balaban J connectivity index is 1.65. The van der Waals surface area contributed by atoms with E-state index in [1.165, 1.54) is 35.2 Å². The third-order valence-corrected chi connectivity index (χ3v) is 5.81. The predicted octanol–water partition coefficient (Wildman–Crippen LogP) is 4.64. The summed E-state index contributed by atoms with van der Waals surface area (Å²) in [4.78, 5) is 29.3. The molecule has 7 heteroatoms. The van der Waals surface area contributed by atoms with Gasteiger partial charge in [-0.05, 0) is 23.4 Å². The molecule has 0 aliphatic carbocycles. The summed E-state index contributed by atoms with van der Waals surface area (Å²) < 4.78 is 0. The average molecular weight is 400 g/mol. The number of aryl methyl sites for hydroxylation is 1. The van der Waals surface area contributed by atoms with Crippen LogP contribution in [0.3, 0.4) is 0 Å². The summed E-state index contributed by atoms with van der Waals surface area (Å²) in [6, 6.07) is 11.8. The predicted molar refractivity (Wildman–Crippen MR) is 111 cm³/mol. The van der Waals surface area contributed by atoms with Gasteiger partial charge in [0.2, 0.25) is 11.8 Å². The number of anilines is 1. The molecule has 0 radical (unpaired) electrons. The Bertz CT molecular complexity index is 902. The summed E-state index contributed by atoms with van der Waals surface area (Å²) in [5.41, 5.74) is 3.15. The monoisotopic (exact) mass is 399 g/mol. The molecule has 0 aliphatic heterocycles. The minimum absolute atomic E-state index is 0.159. The highest BCUT2D eigenvalue weighted by atomic mass is 32.1. The number of aromatic nitrogens is 1. The van der Waals surface area contributed by atoms with E-state index in [2.05, 4.69) is 34.7 Å². The second kappa shape index (κ2) is 8.92. The molecule has 0 saturated heterocycles. The number of hydrogen-bond acceptors (Lipinski definition) is 5. The topological polar surface area (TPSA) is 71.1 Å². The number of thiophene rings is 1. The Morgan fingerprint density at radius 1 is 1.15 bits per heavy atom. The van der Waals surface area contributed by atoms with Gasteiger partial charge in [0.1, 0.15) is 0 Å². The van der Waals surface area contributed by atoms with Crippen molar-refractivity contribution in [1.29, 1.82) is 0 Å². The molecule has 27 heavy (non-hydrogen) atoms. The van der Waals surface area contributed by atoms with Gasteiger partial charge >= 0.3 is 0 Å². The lowest BCUT2D eigenvalue weighted by atomic mass is 10.1. The van der Waals surface area contributed by atoms with Crippen molar-refractivity contribution in [1.82, 2.24) is 10.3 Å². The molecule has 3 aromatic rings. The largest absolute Gasteiger partial charge is 0.348 e. The Morgan fingerprint density at radius 2 is 1.93 bits per heavy atom. The van der Waals surface area contributed by atoms with E-state index in [-0.39, 0.29) is 24.3 Å². The smallest absolute Gasteiger partial charge is 0.228 e. The lowest BCUT2D eigenvalue weighted by Gasteiger charge is -2.15. The van der Waals surface area contributed by atoms with Crippen molar-refractivity contribution in [3.05, 3.63) is 57.6 Å². The molecule has 2 amide bonds. The van der Waals surface area contributed by atoms with Gasteiger partial charge in [0.25, 0.3) is 0 Å². The zero-order chi connectivity index (χ0) is 19.2. The van der Waals surface area contributed by atoms with Gasteiger partial charge in [0.15, 0.2) is 5.13 Å². The van der Waals surface area contributed by atoms with E-state index in [4.69, 9.17) is 0 Å². The molecule has 3 rings (SSSR count). The maximum absolute atomic E-state index is 12.4. The number of carbonyl (C=O) groups excluding carboxylic acids is 2. The van der Waals surface area contributed by atoms with Crippen LogP contribution in [0.4, 0.5) is 5.13 Å². The molecule has 140 valence electrons. The zero-order valence-corrected chi connectivity index (χ0v) is 16.8. The van der Waals surface area contributed by atoms with E-state index < -0.39 is 0 Å². The average Bonchev–Trinajstić information content (AvgIpc) is 3.33. The molecular weight excluding hydrogens is 378 g/mol. The van der Waals surface area contributed by atoms with E-state index in [0.29, 0.717) is 5.13 Å². The van der Waals surface area contributed by atoms with Gasteiger partial charge in [-0.15, -0.1) is 22.7 Å². The number of nitrogens with one attached hydrogen (secondary N) is 2. The van der Waals surface area contributed by atoms with E-state index in [1.54, 1.807) is 0 Å². The van der Waals surface area contributed by atoms with Gasteiger partial charge in [-0.2, -0.15) is 0 Å². The number of benzene rings is 1. The first-order valence-electron chi connectivity index (χ1n) is 8.70. The second-order valence-corrected chi connectivity index (χ2v) is 7.95. The van der Waals surface area contributed by atoms with Crippen LogP contribution >= 0.6 is 22.7 Å². The standard InChI is InChI=1S/C20H21N3O2S2/c1-3-14-6-8-15(9-7-14)17-12-27-20(22-17)23-19(25)11-16(21-13(2)24)18-5-4-10-26-18/h4-10,12,16H,3,11H2,1-2H3,(H,21,24)(H,22,23,25)/t16-/m1/s1. The van der Waals surface area contributed by atoms with Crippen LogP contribution in [-0.4, -0.2) is 16.8 Å². The van der Waals surface area contributed by atoms with Crippen LogP contribution in [0.5, 0.6) is 0 Å². The number of rotatable bonds is 7. The molecule has 1 atom stereocenters. The van der Waals surface area contributed by atoms with E-state index in [0.717, 1.165) is 22.6 Å². The summed E-state index contributed by atoms with van der Waals surface area (Å²) in [5.74, 6) is -0.336. The molecule has 5 nitrogen and oxygen atoms in total. The van der Waals surface area contributed by atoms with Crippen LogP contribution in [-0.2, 0) is 16.0 Å². The number of nitrogens with zero attached hydrogens (tertiary/aromatic N) is 1. The van der Waals surface area contributed by atoms with Gasteiger partial charge in [0.05, 0.1) is 18.2 Å². The lowest BCUT2D eigenvalue weighted by molar-refractivity contribution is -0.120. The maximum atomic E-state index is 12.4. The van der Waals surface area contributed by atoms with Crippen LogP contribution < -0.4 is 10.6 Å². The highest BCUT2D eigenvalue weighted by Crippen LogP contribution is 2.27. The first-order valence-corrected chi connectivity index (χ1v) is 10.5. The first kappa shape index (κ1) is 19.3. The maximum Gasteiger partial charge on any atom is 0.228 e. The van der Waals surface area contributed by atoms with E-state index in [1.807, 2.05) is 35.0 Å². The molecule has 0 bridgehead atoms. The molecule has 0 unspecified atom stereocenters. The third-order valence-electron chi connectivity index (χ3n) is 4.06. The van der Waals surface area contributed by atoms with Gasteiger partial charge in [0, 0.05) is 22.7 Å². The fraction of sp³-hybridized carbons (Fsp3) is 0.250. The van der Waals surface area contributed by atoms with Crippen LogP contribution in [0, 0.1) is 0 Å². The Morgan fingerprint density at radius 3 is 2.56 bits per heavy atom. The minimum atomic E-state index is -0.330. The van der Waals surface area contributed by atoms with E-state index in [9.17, 15) is 9.59 Å². The van der Waals surface area contributed by atoms with Crippen molar-refractivity contribution in [2.45, 2.75) is 32.7 Å². The summed E-state index contributed by atoms with van der Waals surface area (Å²) >= 11 is 2.91. The number of thiazole rings is 1. The molecule has 0 aliphatic rings. The molecule has 0 saturated carbocycles. The minimum Gasteiger partial charge on any atom is -0.348 e. The van der Waals surface area contributed by atoms with Crippen molar-refractivity contribution < 1.29 is 9.59 Å². The van der Waals surface area contributed by atoms with Crippen molar-refractivity contribution in [2.24, 2.45) is 0 Å². The Hall–Kier alpha value is -2.51. The summed E-state index contributed by atoms with van der Waals surface area (Å²) in [6.45, 7) is 3.57. The highest BCUT2D eigenvalue weighted by Gasteiger charge is 2.19. The molecule has 1 aromatic carbocycles. The number of hydrogen-bond donors (Lipinski definition) is 2. The normalized spacial score (nSPS) is 11.8. The molecule has 2 heterocycles. The van der Waals surface area contributed by atoms with Gasteiger partial charge in [-0.25, -0.2) is 4.98 Å². The van der Waals surface area contributed by atoms with Crippen molar-refractivity contribution in [2.75, 3.05) is 5.32 Å². The quantitative estimate of drug-likeness (QED) is 0.608. The van der Waals surface area contributed by atoms with Crippen LogP contribution in [0.15, 0.2) is 47.2 Å². The summed E-state index contributed by atoms with van der Waals surface area (Å²) in [6.07, 6.45) is 1.17.